The van der Waals surface area contributed by atoms with Crippen molar-refractivity contribution in [1.82, 2.24) is 10.2 Å². The Balaban J connectivity index is 1.54. The van der Waals surface area contributed by atoms with Crippen LogP contribution in [0, 0.1) is 5.92 Å². The van der Waals surface area contributed by atoms with Crippen LogP contribution in [-0.2, 0) is 0 Å². The van der Waals surface area contributed by atoms with E-state index in [1.54, 1.807) is 4.90 Å². The van der Waals surface area contributed by atoms with E-state index < -0.39 is 0 Å². The van der Waals surface area contributed by atoms with Gasteiger partial charge in [-0.05, 0) is 31.4 Å². The SMILES string of the molecule is CC(NC(=O)N1CCC(C(=O)c2ccccc2)CC1)c1ccccc1Cl. The van der Waals surface area contributed by atoms with Gasteiger partial charge in [-0.1, -0.05) is 60.1 Å². The molecule has 1 heterocycles. The highest BCUT2D eigenvalue weighted by Gasteiger charge is 2.28. The summed E-state index contributed by atoms with van der Waals surface area (Å²) in [6, 6.07) is 16.6. The number of halogens is 1. The third-order valence-electron chi connectivity index (χ3n) is 4.92. The molecule has 0 radical (unpaired) electrons. The van der Waals surface area contributed by atoms with Crippen LogP contribution < -0.4 is 5.32 Å². The van der Waals surface area contributed by atoms with Crippen LogP contribution in [0.3, 0.4) is 0 Å². The van der Waals surface area contributed by atoms with Crippen LogP contribution in [-0.4, -0.2) is 29.8 Å². The highest BCUT2D eigenvalue weighted by molar-refractivity contribution is 6.31. The number of rotatable bonds is 4. The topological polar surface area (TPSA) is 49.4 Å². The van der Waals surface area contributed by atoms with Crippen molar-refractivity contribution in [3.05, 3.63) is 70.7 Å². The molecule has 1 aliphatic rings. The molecule has 0 bridgehead atoms. The highest BCUT2D eigenvalue weighted by Crippen LogP contribution is 2.24. The van der Waals surface area contributed by atoms with Gasteiger partial charge in [0.25, 0.3) is 0 Å². The molecular weight excluding hydrogens is 348 g/mol. The second-order valence-electron chi connectivity index (χ2n) is 6.68. The zero-order valence-electron chi connectivity index (χ0n) is 14.8. The second-order valence-corrected chi connectivity index (χ2v) is 7.09. The van der Waals surface area contributed by atoms with Gasteiger partial charge < -0.3 is 10.2 Å². The van der Waals surface area contributed by atoms with Gasteiger partial charge in [0.15, 0.2) is 5.78 Å². The number of hydrogen-bond acceptors (Lipinski definition) is 2. The molecule has 5 heteroatoms. The predicted octanol–water partition coefficient (Wildman–Crippen LogP) is 4.71. The summed E-state index contributed by atoms with van der Waals surface area (Å²) in [7, 11) is 0. The maximum absolute atomic E-state index is 12.5. The zero-order chi connectivity index (χ0) is 18.5. The van der Waals surface area contributed by atoms with Crippen molar-refractivity contribution < 1.29 is 9.59 Å². The van der Waals surface area contributed by atoms with Gasteiger partial charge in [-0.25, -0.2) is 4.79 Å². The predicted molar refractivity (Wildman–Crippen MR) is 103 cm³/mol. The molecule has 0 spiro atoms. The highest BCUT2D eigenvalue weighted by atomic mass is 35.5. The fraction of sp³-hybridized carbons (Fsp3) is 0.333. The lowest BCUT2D eigenvalue weighted by Crippen LogP contribution is -2.46. The number of carbonyl (C=O) groups excluding carboxylic acids is 2. The first-order chi connectivity index (χ1) is 12.6. The molecule has 0 saturated carbocycles. The third kappa shape index (κ3) is 4.25. The Kier molecular flexibility index (Phi) is 5.94. The Morgan fingerprint density at radius 3 is 2.31 bits per heavy atom. The summed E-state index contributed by atoms with van der Waals surface area (Å²) in [5.74, 6) is 0.164. The van der Waals surface area contributed by atoms with E-state index in [1.807, 2.05) is 61.5 Å². The molecule has 1 unspecified atom stereocenters. The largest absolute Gasteiger partial charge is 0.331 e. The number of likely N-dealkylation sites (tertiary alicyclic amines) is 1. The quantitative estimate of drug-likeness (QED) is 0.792. The van der Waals surface area contributed by atoms with E-state index in [4.69, 9.17) is 11.6 Å². The monoisotopic (exact) mass is 370 g/mol. The second kappa shape index (κ2) is 8.37. The van der Waals surface area contributed by atoms with Crippen LogP contribution in [0.15, 0.2) is 54.6 Å². The number of piperidine rings is 1. The van der Waals surface area contributed by atoms with Gasteiger partial charge in [0, 0.05) is 29.6 Å². The van der Waals surface area contributed by atoms with Gasteiger partial charge in [-0.3, -0.25) is 4.79 Å². The molecule has 2 aromatic carbocycles. The van der Waals surface area contributed by atoms with Gasteiger partial charge in [0.1, 0.15) is 0 Å². The van der Waals surface area contributed by atoms with Crippen LogP contribution in [0.2, 0.25) is 5.02 Å². The lowest BCUT2D eigenvalue weighted by Gasteiger charge is -2.32. The van der Waals surface area contributed by atoms with E-state index in [1.165, 1.54) is 0 Å². The molecule has 1 saturated heterocycles. The van der Waals surface area contributed by atoms with E-state index in [2.05, 4.69) is 5.32 Å². The Labute approximate surface area is 159 Å². The number of urea groups is 1. The maximum atomic E-state index is 12.5. The minimum atomic E-state index is -0.167. The fourth-order valence-corrected chi connectivity index (χ4v) is 3.66. The fourth-order valence-electron chi connectivity index (χ4n) is 3.36. The van der Waals surface area contributed by atoms with Crippen LogP contribution in [0.25, 0.3) is 0 Å². The van der Waals surface area contributed by atoms with Crippen molar-refractivity contribution in [2.45, 2.75) is 25.8 Å². The third-order valence-corrected chi connectivity index (χ3v) is 5.27. The van der Waals surface area contributed by atoms with E-state index in [-0.39, 0.29) is 23.8 Å². The van der Waals surface area contributed by atoms with Crippen LogP contribution in [0.5, 0.6) is 0 Å². The van der Waals surface area contributed by atoms with E-state index >= 15 is 0 Å². The summed E-state index contributed by atoms with van der Waals surface area (Å²) in [4.78, 5) is 26.8. The van der Waals surface area contributed by atoms with Crippen molar-refractivity contribution in [3.63, 3.8) is 0 Å². The Morgan fingerprint density at radius 2 is 1.65 bits per heavy atom. The normalized spacial score (nSPS) is 16.2. The number of Topliss-reactive ketones (excluding diaryl/α,β-unsaturated/α-hetero) is 1. The molecule has 0 aromatic heterocycles. The average molecular weight is 371 g/mol. The molecule has 1 atom stereocenters. The average Bonchev–Trinajstić information content (AvgIpc) is 2.68. The molecule has 0 aliphatic carbocycles. The number of nitrogens with zero attached hydrogens (tertiary/aromatic N) is 1. The van der Waals surface area contributed by atoms with Crippen molar-refractivity contribution in [1.29, 1.82) is 0 Å². The lowest BCUT2D eigenvalue weighted by molar-refractivity contribution is 0.0853. The van der Waals surface area contributed by atoms with Gasteiger partial charge in [0.2, 0.25) is 0 Å². The minimum absolute atomic E-state index is 0.0116. The molecule has 1 fully saturated rings. The van der Waals surface area contributed by atoms with Gasteiger partial charge in [-0.15, -0.1) is 0 Å². The molecule has 2 amide bonds. The number of amides is 2. The van der Waals surface area contributed by atoms with Crippen LogP contribution in [0.4, 0.5) is 4.79 Å². The Hall–Kier alpha value is -2.33. The van der Waals surface area contributed by atoms with E-state index in [0.29, 0.717) is 31.0 Å². The summed E-state index contributed by atoms with van der Waals surface area (Å²) in [6.07, 6.45) is 1.39. The van der Waals surface area contributed by atoms with Crippen molar-refractivity contribution in [3.8, 4) is 0 Å². The van der Waals surface area contributed by atoms with E-state index in [0.717, 1.165) is 11.1 Å². The molecule has 136 valence electrons. The van der Waals surface area contributed by atoms with Crippen LogP contribution in [0.1, 0.15) is 41.7 Å². The first kappa shape index (κ1) is 18.5. The van der Waals surface area contributed by atoms with Gasteiger partial charge in [0.05, 0.1) is 6.04 Å². The zero-order valence-corrected chi connectivity index (χ0v) is 15.6. The summed E-state index contributed by atoms with van der Waals surface area (Å²) in [5.41, 5.74) is 1.65. The Morgan fingerprint density at radius 1 is 1.04 bits per heavy atom. The smallest absolute Gasteiger partial charge is 0.317 e. The van der Waals surface area contributed by atoms with Crippen molar-refractivity contribution in [2.24, 2.45) is 5.92 Å². The minimum Gasteiger partial charge on any atom is -0.331 e. The summed E-state index contributed by atoms with van der Waals surface area (Å²) in [6.45, 7) is 3.10. The first-order valence-corrected chi connectivity index (χ1v) is 9.33. The number of ketones is 1. The molecule has 26 heavy (non-hydrogen) atoms. The van der Waals surface area contributed by atoms with Gasteiger partial charge in [-0.2, -0.15) is 0 Å². The van der Waals surface area contributed by atoms with Crippen LogP contribution >= 0.6 is 11.6 Å². The number of nitrogens with one attached hydrogen (secondary N) is 1. The standard InChI is InChI=1S/C21H23ClN2O2/c1-15(18-9-5-6-10-19(18)22)23-21(26)24-13-11-17(12-14-24)20(25)16-7-3-2-4-8-16/h2-10,15,17H,11-14H2,1H3,(H,23,26). The van der Waals surface area contributed by atoms with Crippen molar-refractivity contribution >= 4 is 23.4 Å². The lowest BCUT2D eigenvalue weighted by atomic mass is 9.89. The molecule has 3 rings (SSSR count). The van der Waals surface area contributed by atoms with Crippen molar-refractivity contribution in [2.75, 3.05) is 13.1 Å². The summed E-state index contributed by atoms with van der Waals surface area (Å²) >= 11 is 6.20. The molecule has 4 nitrogen and oxygen atoms in total. The molecule has 1 aliphatic heterocycles. The maximum Gasteiger partial charge on any atom is 0.317 e. The first-order valence-electron chi connectivity index (χ1n) is 8.95. The molecular formula is C21H23ClN2O2. The van der Waals surface area contributed by atoms with Gasteiger partial charge >= 0.3 is 6.03 Å². The number of benzene rings is 2. The summed E-state index contributed by atoms with van der Waals surface area (Å²) in [5, 5.41) is 3.65. The summed E-state index contributed by atoms with van der Waals surface area (Å²) < 4.78 is 0. The number of carbonyl (C=O) groups is 2. The molecule has 1 N–H and O–H groups in total. The number of hydrogen-bond donors (Lipinski definition) is 1. The molecule has 2 aromatic rings. The van der Waals surface area contributed by atoms with E-state index in [9.17, 15) is 9.59 Å². The Bertz CT molecular complexity index is 771.